The number of methoxy groups -OCH3 is 1. The molecule has 4 aromatic rings. The fourth-order valence-electron chi connectivity index (χ4n) is 5.77. The molecule has 0 unspecified atom stereocenters. The number of carbonyl (C=O) groups is 2. The van der Waals surface area contributed by atoms with Crippen LogP contribution in [0.25, 0.3) is 0 Å². The lowest BCUT2D eigenvalue weighted by Crippen LogP contribution is -2.44. The van der Waals surface area contributed by atoms with Gasteiger partial charge in [0.2, 0.25) is 0 Å². The maximum Gasteiger partial charge on any atom is 0.266 e. The lowest BCUT2D eigenvalue weighted by molar-refractivity contribution is -0.139. The van der Waals surface area contributed by atoms with Gasteiger partial charge in [0.05, 0.1) is 30.6 Å². The van der Waals surface area contributed by atoms with Crippen LogP contribution in [0.1, 0.15) is 34.8 Å². The van der Waals surface area contributed by atoms with Gasteiger partial charge in [-0.25, -0.2) is 0 Å². The number of aliphatic hydroxyl groups is 2. The first-order valence-electron chi connectivity index (χ1n) is 14.2. The van der Waals surface area contributed by atoms with Crippen molar-refractivity contribution < 1.29 is 29.3 Å². The van der Waals surface area contributed by atoms with Crippen molar-refractivity contribution in [2.45, 2.75) is 25.5 Å². The van der Waals surface area contributed by atoms with E-state index in [4.69, 9.17) is 9.47 Å². The summed E-state index contributed by atoms with van der Waals surface area (Å²) in [5.41, 5.74) is 1.65. The number of hydrogen-bond donors (Lipinski definition) is 2. The first-order chi connectivity index (χ1) is 20.9. The summed E-state index contributed by atoms with van der Waals surface area (Å²) < 4.78 is 11.6. The Balaban J connectivity index is 1.39. The molecule has 218 valence electrons. The quantitative estimate of drug-likeness (QED) is 0.246. The van der Waals surface area contributed by atoms with E-state index in [2.05, 4.69) is 0 Å². The molecule has 8 heteroatoms. The van der Waals surface area contributed by atoms with Crippen LogP contribution in [-0.2, 0) is 16.9 Å². The van der Waals surface area contributed by atoms with Gasteiger partial charge in [-0.2, -0.15) is 0 Å². The Bertz CT molecular complexity index is 1730. The van der Waals surface area contributed by atoms with Crippen molar-refractivity contribution in [3.63, 3.8) is 0 Å². The normalized spacial score (nSPS) is 18.1. The molecule has 0 saturated heterocycles. The molecule has 6 rings (SSSR count). The third-order valence-corrected chi connectivity index (χ3v) is 8.01. The number of hydrogen-bond acceptors (Lipinski definition) is 6. The third kappa shape index (κ3) is 4.84. The number of para-hydroxylation sites is 3. The van der Waals surface area contributed by atoms with Gasteiger partial charge in [-0.1, -0.05) is 55.5 Å². The van der Waals surface area contributed by atoms with Crippen LogP contribution in [0.3, 0.4) is 0 Å². The predicted octanol–water partition coefficient (Wildman–Crippen LogP) is 6.09. The first kappa shape index (κ1) is 28.2. The molecule has 0 spiro atoms. The molecule has 0 aromatic heterocycles. The lowest BCUT2D eigenvalue weighted by Gasteiger charge is -2.28. The van der Waals surface area contributed by atoms with Crippen molar-refractivity contribution in [2.24, 2.45) is 5.92 Å². The highest BCUT2D eigenvalue weighted by Crippen LogP contribution is 2.48. The highest BCUT2D eigenvalue weighted by molar-refractivity contribution is 6.14. The average molecular weight is 577 g/mol. The molecule has 2 aliphatic heterocycles. The SMILES string of the molecule is COc1ccc2c(c1)[C@](O)([C@@H](C)/C=C/CCO)C(=O)N2Cc1cccc(N2C(=O)c3ccccc3Oc3ccccc32)c1. The van der Waals surface area contributed by atoms with Crippen LogP contribution in [0.5, 0.6) is 17.2 Å². The van der Waals surface area contributed by atoms with Gasteiger partial charge < -0.3 is 24.6 Å². The van der Waals surface area contributed by atoms with E-state index in [0.29, 0.717) is 51.9 Å². The summed E-state index contributed by atoms with van der Waals surface area (Å²) in [5, 5.41) is 21.2. The van der Waals surface area contributed by atoms with Crippen molar-refractivity contribution in [2.75, 3.05) is 23.5 Å². The fraction of sp³-hybridized carbons (Fsp3) is 0.200. The average Bonchev–Trinajstić information content (AvgIpc) is 3.15. The van der Waals surface area contributed by atoms with Gasteiger partial charge in [-0.15, -0.1) is 0 Å². The second kappa shape index (κ2) is 11.4. The highest BCUT2D eigenvalue weighted by Gasteiger charge is 2.52. The summed E-state index contributed by atoms with van der Waals surface area (Å²) in [6.07, 6.45) is 3.94. The summed E-state index contributed by atoms with van der Waals surface area (Å²) >= 11 is 0. The summed E-state index contributed by atoms with van der Waals surface area (Å²) in [5.74, 6) is 0.305. The maximum atomic E-state index is 14.0. The maximum absolute atomic E-state index is 14.0. The number of ether oxygens (including phenoxy) is 2. The Morgan fingerprint density at radius 3 is 2.49 bits per heavy atom. The number of benzene rings is 4. The Morgan fingerprint density at radius 1 is 0.930 bits per heavy atom. The predicted molar refractivity (Wildman–Crippen MR) is 164 cm³/mol. The van der Waals surface area contributed by atoms with Crippen LogP contribution in [0.2, 0.25) is 0 Å². The lowest BCUT2D eigenvalue weighted by atomic mass is 9.83. The van der Waals surface area contributed by atoms with E-state index in [1.54, 1.807) is 65.3 Å². The Kier molecular flexibility index (Phi) is 7.48. The molecule has 8 nitrogen and oxygen atoms in total. The molecule has 43 heavy (non-hydrogen) atoms. The molecular weight excluding hydrogens is 544 g/mol. The summed E-state index contributed by atoms with van der Waals surface area (Å²) in [7, 11) is 1.54. The number of aliphatic hydroxyl groups excluding tert-OH is 1. The minimum atomic E-state index is -1.83. The number of fused-ring (bicyclic) bond motifs is 3. The molecule has 0 fully saturated rings. The molecule has 2 heterocycles. The van der Waals surface area contributed by atoms with Gasteiger partial charge in [0.15, 0.2) is 11.4 Å². The molecule has 4 aromatic carbocycles. The van der Waals surface area contributed by atoms with Crippen molar-refractivity contribution >= 4 is 28.9 Å². The summed E-state index contributed by atoms with van der Waals surface area (Å²) in [4.78, 5) is 31.1. The highest BCUT2D eigenvalue weighted by atomic mass is 16.5. The second-order valence-corrected chi connectivity index (χ2v) is 10.6. The minimum Gasteiger partial charge on any atom is -0.497 e. The number of amides is 2. The van der Waals surface area contributed by atoms with Crippen LogP contribution >= 0.6 is 0 Å². The van der Waals surface area contributed by atoms with Crippen molar-refractivity contribution in [3.05, 3.63) is 120 Å². The van der Waals surface area contributed by atoms with E-state index in [1.807, 2.05) is 54.6 Å². The second-order valence-electron chi connectivity index (χ2n) is 10.6. The number of rotatable bonds is 8. The van der Waals surface area contributed by atoms with Gasteiger partial charge in [0, 0.05) is 23.8 Å². The van der Waals surface area contributed by atoms with E-state index >= 15 is 0 Å². The molecular formula is C35H32N2O6. The van der Waals surface area contributed by atoms with Crippen LogP contribution in [0, 0.1) is 5.92 Å². The van der Waals surface area contributed by atoms with Crippen LogP contribution in [-0.4, -0.2) is 35.7 Å². The molecule has 2 N–H and O–H groups in total. The Morgan fingerprint density at radius 2 is 1.70 bits per heavy atom. The topological polar surface area (TPSA) is 99.5 Å². The van der Waals surface area contributed by atoms with E-state index in [9.17, 15) is 19.8 Å². The minimum absolute atomic E-state index is 0.0236. The van der Waals surface area contributed by atoms with Gasteiger partial charge in [0.25, 0.3) is 11.8 Å². The summed E-state index contributed by atoms with van der Waals surface area (Å²) in [6.45, 7) is 1.92. The molecule has 2 atom stereocenters. The summed E-state index contributed by atoms with van der Waals surface area (Å²) in [6, 6.07) is 27.2. The van der Waals surface area contributed by atoms with Gasteiger partial charge in [-0.3, -0.25) is 14.5 Å². The van der Waals surface area contributed by atoms with Gasteiger partial charge in [0.1, 0.15) is 11.5 Å². The fourth-order valence-corrected chi connectivity index (χ4v) is 5.77. The Hall–Kier alpha value is -4.92. The largest absolute Gasteiger partial charge is 0.497 e. The number of anilines is 3. The monoisotopic (exact) mass is 576 g/mol. The number of carbonyl (C=O) groups excluding carboxylic acids is 2. The molecule has 0 aliphatic carbocycles. The van der Waals surface area contributed by atoms with Crippen LogP contribution in [0.4, 0.5) is 17.1 Å². The van der Waals surface area contributed by atoms with E-state index in [0.717, 1.165) is 5.56 Å². The molecule has 0 radical (unpaired) electrons. The zero-order valence-corrected chi connectivity index (χ0v) is 23.9. The molecule has 0 bridgehead atoms. The van der Waals surface area contributed by atoms with Crippen molar-refractivity contribution in [1.29, 1.82) is 0 Å². The third-order valence-electron chi connectivity index (χ3n) is 8.01. The van der Waals surface area contributed by atoms with Crippen molar-refractivity contribution in [3.8, 4) is 17.2 Å². The standard InChI is InChI=1S/C35H32N2O6/c1-23(10-7-8-19-38)35(41)28-21-26(42-2)17-18-29(28)36(34(35)40)22-24-11-9-12-25(20-24)37-30-14-4-6-16-32(30)43-31-15-5-3-13-27(31)33(37)39/h3-7,9-18,20-21,23,38,41H,8,19,22H2,1-2H3/b10-7+/t23-,35+/m0/s1. The van der Waals surface area contributed by atoms with Crippen LogP contribution in [0.15, 0.2) is 103 Å². The molecule has 2 aliphatic rings. The van der Waals surface area contributed by atoms with Gasteiger partial charge >= 0.3 is 0 Å². The van der Waals surface area contributed by atoms with E-state index in [-0.39, 0.29) is 19.1 Å². The van der Waals surface area contributed by atoms with Gasteiger partial charge in [-0.05, 0) is 66.6 Å². The number of nitrogens with zero attached hydrogens (tertiary/aromatic N) is 2. The Labute approximate surface area is 250 Å². The van der Waals surface area contributed by atoms with Crippen molar-refractivity contribution in [1.82, 2.24) is 0 Å². The van der Waals surface area contributed by atoms with Crippen LogP contribution < -0.4 is 19.3 Å². The molecule has 2 amide bonds. The zero-order valence-electron chi connectivity index (χ0n) is 23.9. The molecule has 0 saturated carbocycles. The smallest absolute Gasteiger partial charge is 0.266 e. The van der Waals surface area contributed by atoms with E-state index in [1.165, 1.54) is 7.11 Å². The first-order valence-corrected chi connectivity index (χ1v) is 14.2. The zero-order chi connectivity index (χ0) is 30.1. The van der Waals surface area contributed by atoms with E-state index < -0.39 is 17.4 Å².